The number of fused-ring (bicyclic) bond motifs is 1. The van der Waals surface area contributed by atoms with E-state index in [1.165, 1.54) is 30.6 Å². The Morgan fingerprint density at radius 3 is 2.84 bits per heavy atom. The molecule has 2 amide bonds. The fourth-order valence-electron chi connectivity index (χ4n) is 3.67. The van der Waals surface area contributed by atoms with Gasteiger partial charge in [0.05, 0.1) is 18.2 Å². The molecule has 1 saturated heterocycles. The second-order valence-corrected chi connectivity index (χ2v) is 8.28. The van der Waals surface area contributed by atoms with Gasteiger partial charge >= 0.3 is 0 Å². The van der Waals surface area contributed by atoms with Crippen molar-refractivity contribution in [1.82, 2.24) is 15.2 Å². The van der Waals surface area contributed by atoms with Crippen LogP contribution < -0.4 is 10.6 Å². The molecular weight excluding hydrogens is 336 g/mol. The van der Waals surface area contributed by atoms with Gasteiger partial charge in [-0.3, -0.25) is 14.5 Å². The van der Waals surface area contributed by atoms with E-state index in [1.54, 1.807) is 11.3 Å². The van der Waals surface area contributed by atoms with Crippen molar-refractivity contribution in [3.8, 4) is 0 Å². The topological polar surface area (TPSA) is 74.3 Å². The van der Waals surface area contributed by atoms with Crippen LogP contribution in [0.1, 0.15) is 56.5 Å². The number of hydrogen-bond acceptors (Lipinski definition) is 5. The number of hydrogen-bond donors (Lipinski definition) is 2. The number of piperazine rings is 1. The number of carbonyl (C=O) groups excluding carboxylic acids is 2. The van der Waals surface area contributed by atoms with Gasteiger partial charge in [-0.15, -0.1) is 11.3 Å². The highest BCUT2D eigenvalue weighted by Gasteiger charge is 2.33. The van der Waals surface area contributed by atoms with Crippen molar-refractivity contribution >= 4 is 28.3 Å². The lowest BCUT2D eigenvalue weighted by molar-refractivity contribution is -0.133. The quantitative estimate of drug-likeness (QED) is 0.860. The summed E-state index contributed by atoms with van der Waals surface area (Å²) in [5, 5.41) is 6.48. The minimum atomic E-state index is -0.394. The summed E-state index contributed by atoms with van der Waals surface area (Å²) in [6.45, 7) is 5.55. The molecule has 1 fully saturated rings. The minimum absolute atomic E-state index is 0.0542. The monoisotopic (exact) mass is 364 g/mol. The summed E-state index contributed by atoms with van der Waals surface area (Å²) < 4.78 is 0. The largest absolute Gasteiger partial charge is 0.353 e. The third-order valence-electron chi connectivity index (χ3n) is 5.01. The second kappa shape index (κ2) is 8.27. The lowest BCUT2D eigenvalue weighted by atomic mass is 10.0. The molecule has 1 aromatic rings. The van der Waals surface area contributed by atoms with Crippen LogP contribution in [0.5, 0.6) is 0 Å². The molecule has 0 spiro atoms. The van der Waals surface area contributed by atoms with Gasteiger partial charge in [0.1, 0.15) is 0 Å². The Morgan fingerprint density at radius 2 is 2.08 bits per heavy atom. The molecule has 0 saturated carbocycles. The molecule has 0 radical (unpaired) electrons. The van der Waals surface area contributed by atoms with Gasteiger partial charge in [-0.05, 0) is 39.5 Å². The van der Waals surface area contributed by atoms with E-state index in [2.05, 4.69) is 34.4 Å². The first-order valence-corrected chi connectivity index (χ1v) is 10.2. The predicted octanol–water partition coefficient (Wildman–Crippen LogP) is 2.34. The molecule has 1 aliphatic heterocycles. The Labute approximate surface area is 153 Å². The Morgan fingerprint density at radius 1 is 1.32 bits per heavy atom. The average Bonchev–Trinajstić information content (AvgIpc) is 2.90. The standard InChI is InChI=1S/C18H28N4O2S/c1-12(2)22-10-9-19-17(24)14(22)11-16(23)21-18-20-13-7-5-3-4-6-8-15(13)25-18/h12,14H,3-11H2,1-2H3,(H,19,24)(H,20,21,23). The van der Waals surface area contributed by atoms with E-state index in [4.69, 9.17) is 0 Å². The van der Waals surface area contributed by atoms with Gasteiger partial charge in [-0.25, -0.2) is 4.98 Å². The van der Waals surface area contributed by atoms with Crippen molar-refractivity contribution in [2.24, 2.45) is 0 Å². The maximum atomic E-state index is 12.5. The molecule has 138 valence electrons. The van der Waals surface area contributed by atoms with E-state index in [9.17, 15) is 9.59 Å². The SMILES string of the molecule is CC(C)N1CCNC(=O)C1CC(=O)Nc1nc2c(s1)CCCCCC2. The van der Waals surface area contributed by atoms with Crippen LogP contribution in [0.2, 0.25) is 0 Å². The lowest BCUT2D eigenvalue weighted by Gasteiger charge is -2.37. The van der Waals surface area contributed by atoms with E-state index in [1.807, 2.05) is 0 Å². The Bertz CT molecular complexity index is 603. The Kier molecular flexibility index (Phi) is 6.06. The van der Waals surface area contributed by atoms with Crippen LogP contribution in [0.25, 0.3) is 0 Å². The van der Waals surface area contributed by atoms with Gasteiger partial charge in [0.25, 0.3) is 0 Å². The van der Waals surface area contributed by atoms with Gasteiger partial charge in [0.2, 0.25) is 11.8 Å². The molecule has 1 atom stereocenters. The van der Waals surface area contributed by atoms with Crippen LogP contribution in [0.15, 0.2) is 0 Å². The molecule has 2 N–H and O–H groups in total. The summed E-state index contributed by atoms with van der Waals surface area (Å²) in [6, 6.07) is -0.154. The van der Waals surface area contributed by atoms with Crippen LogP contribution in [-0.4, -0.2) is 46.9 Å². The highest BCUT2D eigenvalue weighted by Crippen LogP contribution is 2.28. The van der Waals surface area contributed by atoms with Crippen molar-refractivity contribution in [1.29, 1.82) is 0 Å². The lowest BCUT2D eigenvalue weighted by Crippen LogP contribution is -2.58. The number of aryl methyl sites for hydroxylation is 2. The van der Waals surface area contributed by atoms with Crippen molar-refractivity contribution < 1.29 is 9.59 Å². The van der Waals surface area contributed by atoms with E-state index in [0.717, 1.165) is 25.1 Å². The van der Waals surface area contributed by atoms with E-state index in [-0.39, 0.29) is 24.3 Å². The van der Waals surface area contributed by atoms with Crippen molar-refractivity contribution in [2.75, 3.05) is 18.4 Å². The fraction of sp³-hybridized carbons (Fsp3) is 0.722. The average molecular weight is 365 g/mol. The van der Waals surface area contributed by atoms with Crippen LogP contribution in [-0.2, 0) is 22.4 Å². The van der Waals surface area contributed by atoms with Gasteiger partial charge in [0.15, 0.2) is 5.13 Å². The molecule has 1 aliphatic carbocycles. The third-order valence-corrected chi connectivity index (χ3v) is 6.08. The van der Waals surface area contributed by atoms with Crippen molar-refractivity contribution in [2.45, 2.75) is 70.9 Å². The Balaban J connectivity index is 1.63. The number of anilines is 1. The third kappa shape index (κ3) is 4.58. The smallest absolute Gasteiger partial charge is 0.237 e. The number of rotatable bonds is 4. The van der Waals surface area contributed by atoms with Crippen LogP contribution in [0.4, 0.5) is 5.13 Å². The number of carbonyl (C=O) groups is 2. The predicted molar refractivity (Wildman–Crippen MR) is 99.9 cm³/mol. The molecule has 0 aromatic carbocycles. The molecule has 7 heteroatoms. The first-order valence-electron chi connectivity index (χ1n) is 9.36. The molecule has 3 rings (SSSR count). The number of nitrogens with one attached hydrogen (secondary N) is 2. The summed E-state index contributed by atoms with van der Waals surface area (Å²) in [7, 11) is 0. The van der Waals surface area contributed by atoms with E-state index < -0.39 is 6.04 Å². The normalized spacial score (nSPS) is 22.0. The zero-order valence-electron chi connectivity index (χ0n) is 15.1. The molecule has 2 heterocycles. The summed E-state index contributed by atoms with van der Waals surface area (Å²) in [6.07, 6.45) is 7.17. The molecule has 6 nitrogen and oxygen atoms in total. The number of nitrogens with zero attached hydrogens (tertiary/aromatic N) is 2. The number of amides is 2. The van der Waals surface area contributed by atoms with E-state index in [0.29, 0.717) is 11.7 Å². The zero-order valence-corrected chi connectivity index (χ0v) is 16.0. The number of aromatic nitrogens is 1. The highest BCUT2D eigenvalue weighted by molar-refractivity contribution is 7.15. The van der Waals surface area contributed by atoms with E-state index >= 15 is 0 Å². The summed E-state index contributed by atoms with van der Waals surface area (Å²) in [5.41, 5.74) is 1.15. The summed E-state index contributed by atoms with van der Waals surface area (Å²) in [4.78, 5) is 32.7. The first-order chi connectivity index (χ1) is 12.0. The maximum absolute atomic E-state index is 12.5. The van der Waals surface area contributed by atoms with Gasteiger partial charge in [-0.2, -0.15) is 0 Å². The van der Waals surface area contributed by atoms with Crippen LogP contribution >= 0.6 is 11.3 Å². The molecule has 1 unspecified atom stereocenters. The fourth-order valence-corrected chi connectivity index (χ4v) is 4.73. The molecule has 0 bridgehead atoms. The van der Waals surface area contributed by atoms with Gasteiger partial charge in [0, 0.05) is 24.0 Å². The summed E-state index contributed by atoms with van der Waals surface area (Å²) >= 11 is 1.60. The number of thiazole rings is 1. The van der Waals surface area contributed by atoms with Crippen molar-refractivity contribution in [3.05, 3.63) is 10.6 Å². The summed E-state index contributed by atoms with van der Waals surface area (Å²) in [5.74, 6) is -0.184. The Hall–Kier alpha value is -1.47. The van der Waals surface area contributed by atoms with Crippen molar-refractivity contribution in [3.63, 3.8) is 0 Å². The van der Waals surface area contributed by atoms with Gasteiger partial charge in [-0.1, -0.05) is 12.8 Å². The molecule has 25 heavy (non-hydrogen) atoms. The van der Waals surface area contributed by atoms with Crippen LogP contribution in [0, 0.1) is 0 Å². The maximum Gasteiger partial charge on any atom is 0.237 e. The molecule has 2 aliphatic rings. The zero-order chi connectivity index (χ0) is 17.8. The second-order valence-electron chi connectivity index (χ2n) is 7.19. The van der Waals surface area contributed by atoms with Crippen LogP contribution in [0.3, 0.4) is 0 Å². The molecule has 1 aromatic heterocycles. The first kappa shape index (κ1) is 18.3. The molecular formula is C18H28N4O2S. The minimum Gasteiger partial charge on any atom is -0.353 e. The highest BCUT2D eigenvalue weighted by atomic mass is 32.1. The van der Waals surface area contributed by atoms with Gasteiger partial charge < -0.3 is 10.6 Å².